The second-order valence-electron chi connectivity index (χ2n) is 5.97. The number of hydrogen-bond acceptors (Lipinski definition) is 3. The molecule has 0 saturated heterocycles. The first-order chi connectivity index (χ1) is 13.1. The maximum Gasteiger partial charge on any atom is 0.319 e. The van der Waals surface area contributed by atoms with Crippen molar-refractivity contribution in [1.82, 2.24) is 10.3 Å². The van der Waals surface area contributed by atoms with E-state index in [2.05, 4.69) is 31.5 Å². The molecule has 27 heavy (non-hydrogen) atoms. The van der Waals surface area contributed by atoms with Crippen LogP contribution in [0.3, 0.4) is 0 Å². The van der Waals surface area contributed by atoms with Crippen molar-refractivity contribution in [3.05, 3.63) is 88.2 Å². The van der Waals surface area contributed by atoms with Gasteiger partial charge in [0.2, 0.25) is 0 Å². The Bertz CT molecular complexity index is 899. The zero-order chi connectivity index (χ0) is 19.1. The van der Waals surface area contributed by atoms with E-state index in [0.717, 1.165) is 32.7 Å². The smallest absolute Gasteiger partial charge is 0.319 e. The van der Waals surface area contributed by atoms with Crippen LogP contribution in [0.1, 0.15) is 16.8 Å². The summed E-state index contributed by atoms with van der Waals surface area (Å²) in [7, 11) is 0. The van der Waals surface area contributed by atoms with Crippen LogP contribution in [0.2, 0.25) is 0 Å². The molecule has 0 radical (unpaired) electrons. The van der Waals surface area contributed by atoms with Crippen LogP contribution >= 0.6 is 15.9 Å². The van der Waals surface area contributed by atoms with Gasteiger partial charge < -0.3 is 15.4 Å². The number of pyridine rings is 1. The van der Waals surface area contributed by atoms with Gasteiger partial charge in [0.15, 0.2) is 0 Å². The maximum atomic E-state index is 12.1. The minimum absolute atomic E-state index is 0.244. The Morgan fingerprint density at radius 2 is 1.89 bits per heavy atom. The van der Waals surface area contributed by atoms with Crippen LogP contribution in [-0.2, 0) is 13.2 Å². The summed E-state index contributed by atoms with van der Waals surface area (Å²) in [6.07, 6.45) is 1.74. The maximum absolute atomic E-state index is 12.1. The number of aromatic nitrogens is 1. The van der Waals surface area contributed by atoms with Crippen LogP contribution in [0.25, 0.3) is 0 Å². The number of carbonyl (C=O) groups is 1. The summed E-state index contributed by atoms with van der Waals surface area (Å²) in [4.78, 5) is 16.3. The van der Waals surface area contributed by atoms with Crippen molar-refractivity contribution in [3.8, 4) is 5.75 Å². The van der Waals surface area contributed by atoms with Crippen molar-refractivity contribution in [2.45, 2.75) is 20.1 Å². The molecule has 6 heteroatoms. The molecule has 0 spiro atoms. The van der Waals surface area contributed by atoms with E-state index in [1.54, 1.807) is 6.20 Å². The summed E-state index contributed by atoms with van der Waals surface area (Å²) in [6.45, 7) is 2.80. The van der Waals surface area contributed by atoms with Gasteiger partial charge in [0.25, 0.3) is 0 Å². The molecule has 0 fully saturated rings. The molecule has 0 aliphatic heterocycles. The molecule has 2 N–H and O–H groups in total. The van der Waals surface area contributed by atoms with Gasteiger partial charge in [-0.3, -0.25) is 4.98 Å². The van der Waals surface area contributed by atoms with Crippen molar-refractivity contribution in [1.29, 1.82) is 0 Å². The van der Waals surface area contributed by atoms with Gasteiger partial charge in [-0.05, 0) is 54.4 Å². The van der Waals surface area contributed by atoms with E-state index in [1.807, 2.05) is 67.6 Å². The SMILES string of the molecule is Cc1c(Br)cccc1NC(=O)NCc1ccc(OCc2ccccn2)cc1. The lowest BCUT2D eigenvalue weighted by Crippen LogP contribution is -2.28. The first-order valence-corrected chi connectivity index (χ1v) is 9.33. The number of halogens is 1. The molecular weight excluding hydrogens is 406 g/mol. The zero-order valence-electron chi connectivity index (χ0n) is 14.9. The van der Waals surface area contributed by atoms with Gasteiger partial charge in [0.05, 0.1) is 5.69 Å². The standard InChI is InChI=1S/C21H20BrN3O2/c1-15-19(22)6-4-7-20(15)25-21(26)24-13-16-8-10-18(11-9-16)27-14-17-5-2-3-12-23-17/h2-12H,13-14H2,1H3,(H2,24,25,26). The highest BCUT2D eigenvalue weighted by Gasteiger charge is 2.06. The van der Waals surface area contributed by atoms with Crippen molar-refractivity contribution in [2.75, 3.05) is 5.32 Å². The second-order valence-corrected chi connectivity index (χ2v) is 6.83. The number of benzene rings is 2. The molecule has 1 aromatic heterocycles. The number of ether oxygens (including phenoxy) is 1. The Morgan fingerprint density at radius 3 is 2.63 bits per heavy atom. The Labute approximate surface area is 166 Å². The summed E-state index contributed by atoms with van der Waals surface area (Å²) in [5.74, 6) is 0.763. The Hall–Kier alpha value is -2.86. The third-order valence-electron chi connectivity index (χ3n) is 4.01. The molecule has 2 aromatic carbocycles. The van der Waals surface area contributed by atoms with E-state index in [9.17, 15) is 4.79 Å². The van der Waals surface area contributed by atoms with Crippen LogP contribution < -0.4 is 15.4 Å². The van der Waals surface area contributed by atoms with Crippen molar-refractivity contribution in [2.24, 2.45) is 0 Å². The predicted molar refractivity (Wildman–Crippen MR) is 110 cm³/mol. The summed E-state index contributed by atoms with van der Waals surface area (Å²) in [5, 5.41) is 5.71. The fourth-order valence-corrected chi connectivity index (χ4v) is 2.80. The lowest BCUT2D eigenvalue weighted by molar-refractivity contribution is 0.251. The largest absolute Gasteiger partial charge is 0.487 e. The average Bonchev–Trinajstić information content (AvgIpc) is 2.70. The van der Waals surface area contributed by atoms with Gasteiger partial charge in [0.1, 0.15) is 12.4 Å². The van der Waals surface area contributed by atoms with Crippen LogP contribution in [-0.4, -0.2) is 11.0 Å². The third kappa shape index (κ3) is 5.56. The van der Waals surface area contributed by atoms with Gasteiger partial charge >= 0.3 is 6.03 Å². The Morgan fingerprint density at radius 1 is 1.07 bits per heavy atom. The van der Waals surface area contributed by atoms with E-state index < -0.39 is 0 Å². The minimum Gasteiger partial charge on any atom is -0.487 e. The highest BCUT2D eigenvalue weighted by molar-refractivity contribution is 9.10. The van der Waals surface area contributed by atoms with Gasteiger partial charge in [-0.15, -0.1) is 0 Å². The van der Waals surface area contributed by atoms with Gasteiger partial charge in [-0.25, -0.2) is 4.79 Å². The number of hydrogen-bond donors (Lipinski definition) is 2. The van der Waals surface area contributed by atoms with Crippen LogP contribution in [0.15, 0.2) is 71.3 Å². The monoisotopic (exact) mass is 425 g/mol. The van der Waals surface area contributed by atoms with Crippen LogP contribution in [0, 0.1) is 6.92 Å². The number of nitrogens with one attached hydrogen (secondary N) is 2. The van der Waals surface area contributed by atoms with Crippen LogP contribution in [0.4, 0.5) is 10.5 Å². The van der Waals surface area contributed by atoms with Gasteiger partial charge in [-0.1, -0.05) is 40.2 Å². The topological polar surface area (TPSA) is 63.2 Å². The molecule has 0 aliphatic carbocycles. The summed E-state index contributed by atoms with van der Waals surface area (Å²) in [5.41, 5.74) is 3.63. The fraction of sp³-hybridized carbons (Fsp3) is 0.143. The molecule has 5 nitrogen and oxygen atoms in total. The molecule has 0 bridgehead atoms. The Kier molecular flexibility index (Phi) is 6.44. The first kappa shape index (κ1) is 18.9. The number of nitrogens with zero attached hydrogens (tertiary/aromatic N) is 1. The lowest BCUT2D eigenvalue weighted by Gasteiger charge is -2.11. The van der Waals surface area contributed by atoms with E-state index in [4.69, 9.17) is 4.74 Å². The van der Waals surface area contributed by atoms with Gasteiger partial charge in [-0.2, -0.15) is 0 Å². The summed E-state index contributed by atoms with van der Waals surface area (Å²) in [6, 6.07) is 18.8. The molecule has 1 heterocycles. The number of carbonyl (C=O) groups excluding carboxylic acids is 1. The van der Waals surface area contributed by atoms with Gasteiger partial charge in [0, 0.05) is 22.9 Å². The molecule has 0 unspecified atom stereocenters. The number of urea groups is 1. The van der Waals surface area contributed by atoms with Crippen molar-refractivity contribution in [3.63, 3.8) is 0 Å². The quantitative estimate of drug-likeness (QED) is 0.580. The second kappa shape index (κ2) is 9.19. The molecule has 3 rings (SSSR count). The Balaban J connectivity index is 1.48. The molecule has 2 amide bonds. The molecule has 0 saturated carbocycles. The summed E-state index contributed by atoms with van der Waals surface area (Å²) >= 11 is 3.46. The number of rotatable bonds is 6. The van der Waals surface area contributed by atoms with Crippen LogP contribution in [0.5, 0.6) is 5.75 Å². The zero-order valence-corrected chi connectivity index (χ0v) is 16.5. The van der Waals surface area contributed by atoms with E-state index >= 15 is 0 Å². The highest BCUT2D eigenvalue weighted by Crippen LogP contribution is 2.23. The molecule has 0 aliphatic rings. The molecule has 3 aromatic rings. The summed E-state index contributed by atoms with van der Waals surface area (Å²) < 4.78 is 6.67. The number of anilines is 1. The molecule has 138 valence electrons. The highest BCUT2D eigenvalue weighted by atomic mass is 79.9. The van der Waals surface area contributed by atoms with E-state index in [-0.39, 0.29) is 6.03 Å². The van der Waals surface area contributed by atoms with Crippen molar-refractivity contribution < 1.29 is 9.53 Å². The average molecular weight is 426 g/mol. The fourth-order valence-electron chi connectivity index (χ4n) is 2.44. The predicted octanol–water partition coefficient (Wildman–Crippen LogP) is 5.05. The lowest BCUT2D eigenvalue weighted by atomic mass is 10.2. The number of amides is 2. The normalized spacial score (nSPS) is 10.3. The third-order valence-corrected chi connectivity index (χ3v) is 4.86. The minimum atomic E-state index is -0.244. The van der Waals surface area contributed by atoms with E-state index in [1.165, 1.54) is 0 Å². The van der Waals surface area contributed by atoms with Crippen molar-refractivity contribution >= 4 is 27.6 Å². The first-order valence-electron chi connectivity index (χ1n) is 8.53. The molecular formula is C21H20BrN3O2. The molecule has 0 atom stereocenters. The van der Waals surface area contributed by atoms with E-state index in [0.29, 0.717) is 13.2 Å².